The van der Waals surface area contributed by atoms with Gasteiger partial charge in [0.25, 0.3) is 0 Å². The highest BCUT2D eigenvalue weighted by Gasteiger charge is 2.39. The number of rotatable bonds is 0. The first-order valence-corrected chi connectivity index (χ1v) is 6.51. The lowest BCUT2D eigenvalue weighted by atomic mass is 9.64. The summed E-state index contributed by atoms with van der Waals surface area (Å²) in [7, 11) is 0. The average Bonchev–Trinajstić information content (AvgIpc) is 2.29. The minimum absolute atomic E-state index is 0.335. The maximum atomic E-state index is 3.72. The molecule has 0 radical (unpaired) electrons. The van der Waals surface area contributed by atoms with Gasteiger partial charge in [-0.2, -0.15) is 0 Å². The Bertz CT molecular complexity index is 394. The molecule has 1 aliphatic heterocycles. The summed E-state index contributed by atoms with van der Waals surface area (Å²) in [4.78, 5) is 0. The maximum absolute atomic E-state index is 3.72. The summed E-state index contributed by atoms with van der Waals surface area (Å²) in [5.74, 6) is 0.762. The van der Waals surface area contributed by atoms with E-state index in [0.717, 1.165) is 5.92 Å². The van der Waals surface area contributed by atoms with Crippen LogP contribution in [0.2, 0.25) is 0 Å². The average molecular weight is 215 g/mol. The largest absolute Gasteiger partial charge is 0.313 e. The second kappa shape index (κ2) is 3.59. The van der Waals surface area contributed by atoms with Crippen LogP contribution in [-0.2, 0) is 5.41 Å². The van der Waals surface area contributed by atoms with E-state index >= 15 is 0 Å². The van der Waals surface area contributed by atoms with Gasteiger partial charge in [-0.3, -0.25) is 0 Å². The molecule has 1 fully saturated rings. The van der Waals surface area contributed by atoms with Crippen molar-refractivity contribution in [1.82, 2.24) is 5.32 Å². The van der Waals surface area contributed by atoms with E-state index in [9.17, 15) is 0 Å². The van der Waals surface area contributed by atoms with Crippen LogP contribution in [0.1, 0.15) is 50.2 Å². The highest BCUT2D eigenvalue weighted by atomic mass is 14.9. The first-order chi connectivity index (χ1) is 7.68. The van der Waals surface area contributed by atoms with Gasteiger partial charge in [0.2, 0.25) is 0 Å². The summed E-state index contributed by atoms with van der Waals surface area (Å²) in [5, 5.41) is 3.72. The number of hydrogen-bond donors (Lipinski definition) is 1. The predicted molar refractivity (Wildman–Crippen MR) is 67.9 cm³/mol. The van der Waals surface area contributed by atoms with Crippen molar-refractivity contribution >= 4 is 0 Å². The Morgan fingerprint density at radius 2 is 2.06 bits per heavy atom. The Kier molecular flexibility index (Phi) is 2.32. The Balaban J connectivity index is 2.09. The first-order valence-electron chi connectivity index (χ1n) is 6.51. The molecular formula is C15H21N. The molecule has 1 nitrogen and oxygen atoms in total. The van der Waals surface area contributed by atoms with Gasteiger partial charge in [0.15, 0.2) is 0 Å². The molecule has 16 heavy (non-hydrogen) atoms. The molecule has 2 atom stereocenters. The van der Waals surface area contributed by atoms with Crippen molar-refractivity contribution in [3.05, 3.63) is 35.4 Å². The third kappa shape index (κ3) is 1.49. The normalized spacial score (nSPS) is 31.6. The summed E-state index contributed by atoms with van der Waals surface area (Å²) in [6.45, 7) is 5.98. The number of hydrogen-bond acceptors (Lipinski definition) is 1. The number of benzene rings is 1. The minimum Gasteiger partial charge on any atom is -0.313 e. The lowest BCUT2D eigenvalue weighted by Crippen LogP contribution is -2.47. The van der Waals surface area contributed by atoms with E-state index in [1.807, 2.05) is 0 Å². The Labute approximate surface area is 98.3 Å². The topological polar surface area (TPSA) is 12.0 Å². The van der Waals surface area contributed by atoms with Gasteiger partial charge in [0.05, 0.1) is 0 Å². The van der Waals surface area contributed by atoms with Gasteiger partial charge in [-0.1, -0.05) is 38.1 Å². The van der Waals surface area contributed by atoms with Crippen LogP contribution in [-0.4, -0.2) is 12.6 Å². The molecule has 1 saturated heterocycles. The lowest BCUT2D eigenvalue weighted by Gasteiger charge is -2.45. The summed E-state index contributed by atoms with van der Waals surface area (Å²) in [6.07, 6.45) is 3.98. The van der Waals surface area contributed by atoms with Crippen LogP contribution in [0.15, 0.2) is 24.3 Å². The molecule has 1 N–H and O–H groups in total. The highest BCUT2D eigenvalue weighted by molar-refractivity contribution is 5.40. The van der Waals surface area contributed by atoms with Crippen molar-refractivity contribution in [3.63, 3.8) is 0 Å². The summed E-state index contributed by atoms with van der Waals surface area (Å²) < 4.78 is 0. The van der Waals surface area contributed by atoms with Crippen molar-refractivity contribution in [1.29, 1.82) is 0 Å². The van der Waals surface area contributed by atoms with Gasteiger partial charge in [0, 0.05) is 6.04 Å². The number of piperidine rings is 1. The molecule has 2 aliphatic rings. The van der Waals surface area contributed by atoms with Crippen LogP contribution < -0.4 is 5.32 Å². The third-order valence-electron chi connectivity index (χ3n) is 4.40. The molecule has 0 amide bonds. The molecule has 0 bridgehead atoms. The van der Waals surface area contributed by atoms with E-state index < -0.39 is 0 Å². The molecule has 0 aromatic heterocycles. The van der Waals surface area contributed by atoms with Crippen molar-refractivity contribution in [3.8, 4) is 0 Å². The van der Waals surface area contributed by atoms with Gasteiger partial charge < -0.3 is 5.32 Å². The van der Waals surface area contributed by atoms with Crippen LogP contribution in [0.25, 0.3) is 0 Å². The van der Waals surface area contributed by atoms with E-state index in [1.165, 1.54) is 25.8 Å². The van der Waals surface area contributed by atoms with Gasteiger partial charge in [-0.25, -0.2) is 0 Å². The zero-order valence-corrected chi connectivity index (χ0v) is 10.3. The molecule has 86 valence electrons. The Morgan fingerprint density at radius 3 is 2.94 bits per heavy atom. The molecule has 1 heteroatoms. The standard InChI is InChI=1S/C15H21N/c1-15(2)10-14-12(7-5-9-16-14)11-6-3-4-8-13(11)15/h3-4,6,8,12,14,16H,5,7,9-10H2,1-2H3/t12?,14-/m0/s1. The van der Waals surface area contributed by atoms with E-state index in [-0.39, 0.29) is 0 Å². The summed E-state index contributed by atoms with van der Waals surface area (Å²) >= 11 is 0. The van der Waals surface area contributed by atoms with Gasteiger partial charge >= 0.3 is 0 Å². The van der Waals surface area contributed by atoms with Crippen LogP contribution >= 0.6 is 0 Å². The van der Waals surface area contributed by atoms with E-state index in [1.54, 1.807) is 11.1 Å². The summed E-state index contributed by atoms with van der Waals surface area (Å²) in [6, 6.07) is 9.78. The second-order valence-corrected chi connectivity index (χ2v) is 5.98. The SMILES string of the molecule is CC1(C)C[C@@H]2NCCCC2c2ccccc21. The Hall–Kier alpha value is -0.820. The van der Waals surface area contributed by atoms with Gasteiger partial charge in [0.1, 0.15) is 0 Å². The molecule has 1 aromatic rings. The lowest BCUT2D eigenvalue weighted by molar-refractivity contribution is 0.259. The Morgan fingerprint density at radius 1 is 1.25 bits per heavy atom. The smallest absolute Gasteiger partial charge is 0.0144 e. The fraction of sp³-hybridized carbons (Fsp3) is 0.600. The molecule has 1 heterocycles. The molecule has 0 spiro atoms. The predicted octanol–water partition coefficient (Wildman–Crippen LogP) is 3.20. The second-order valence-electron chi connectivity index (χ2n) is 5.98. The molecule has 1 aromatic carbocycles. The third-order valence-corrected chi connectivity index (χ3v) is 4.40. The molecule has 0 saturated carbocycles. The fourth-order valence-electron chi connectivity index (χ4n) is 3.64. The van der Waals surface area contributed by atoms with Crippen molar-refractivity contribution in [2.24, 2.45) is 0 Å². The van der Waals surface area contributed by atoms with Crippen molar-refractivity contribution in [2.75, 3.05) is 6.54 Å². The van der Waals surface area contributed by atoms with Crippen LogP contribution in [0.4, 0.5) is 0 Å². The number of fused-ring (bicyclic) bond motifs is 3. The zero-order valence-electron chi connectivity index (χ0n) is 10.3. The van der Waals surface area contributed by atoms with Crippen LogP contribution in [0.3, 0.4) is 0 Å². The van der Waals surface area contributed by atoms with Crippen LogP contribution in [0, 0.1) is 0 Å². The molecule has 1 aliphatic carbocycles. The van der Waals surface area contributed by atoms with E-state index in [0.29, 0.717) is 11.5 Å². The van der Waals surface area contributed by atoms with Crippen molar-refractivity contribution < 1.29 is 0 Å². The fourth-order valence-corrected chi connectivity index (χ4v) is 3.64. The van der Waals surface area contributed by atoms with E-state index in [2.05, 4.69) is 43.4 Å². The minimum atomic E-state index is 0.335. The molecule has 1 unspecified atom stereocenters. The van der Waals surface area contributed by atoms with Gasteiger partial charge in [-0.15, -0.1) is 0 Å². The van der Waals surface area contributed by atoms with Gasteiger partial charge in [-0.05, 0) is 48.3 Å². The number of nitrogens with one attached hydrogen (secondary N) is 1. The molecule has 3 rings (SSSR count). The zero-order chi connectivity index (χ0) is 11.2. The maximum Gasteiger partial charge on any atom is 0.0144 e. The molecular weight excluding hydrogens is 194 g/mol. The van der Waals surface area contributed by atoms with E-state index in [4.69, 9.17) is 0 Å². The van der Waals surface area contributed by atoms with Crippen molar-refractivity contribution in [2.45, 2.75) is 50.5 Å². The first kappa shape index (κ1) is 10.3. The highest BCUT2D eigenvalue weighted by Crippen LogP contribution is 2.45. The van der Waals surface area contributed by atoms with Crippen LogP contribution in [0.5, 0.6) is 0 Å². The quantitative estimate of drug-likeness (QED) is 0.701. The summed E-state index contributed by atoms with van der Waals surface area (Å²) in [5.41, 5.74) is 3.53. The monoisotopic (exact) mass is 215 g/mol.